The first-order valence-corrected chi connectivity index (χ1v) is 11.6. The van der Waals surface area contributed by atoms with Crippen LogP contribution < -0.4 is 19.5 Å². The van der Waals surface area contributed by atoms with Crippen LogP contribution in [-0.4, -0.2) is 25.7 Å². The molecule has 1 aromatic heterocycles. The van der Waals surface area contributed by atoms with Gasteiger partial charge in [0, 0.05) is 4.88 Å². The fourth-order valence-electron chi connectivity index (χ4n) is 2.86. The molecule has 0 radical (unpaired) electrons. The normalized spacial score (nSPS) is 10.9. The maximum absolute atomic E-state index is 12.4. The van der Waals surface area contributed by atoms with Crippen molar-refractivity contribution in [3.63, 3.8) is 0 Å². The van der Waals surface area contributed by atoms with Crippen LogP contribution >= 0.6 is 22.9 Å². The Morgan fingerprint density at radius 2 is 1.85 bits per heavy atom. The Morgan fingerprint density at radius 3 is 2.55 bits per heavy atom. The van der Waals surface area contributed by atoms with Gasteiger partial charge in [0.15, 0.2) is 11.5 Å². The average molecular weight is 483 g/mol. The molecule has 1 amide bonds. The molecule has 1 heterocycles. The molecule has 0 bridgehead atoms. The number of amides is 1. The number of hydrogen-bond donors (Lipinski definition) is 1. The number of halogens is 1. The van der Waals surface area contributed by atoms with Gasteiger partial charge in [0.25, 0.3) is 5.91 Å². The van der Waals surface area contributed by atoms with E-state index in [1.54, 1.807) is 41.7 Å². The molecule has 170 valence electrons. The van der Waals surface area contributed by atoms with Gasteiger partial charge in [-0.25, -0.2) is 0 Å². The number of nitrogens with zero attached hydrogens (tertiary/aromatic N) is 1. The number of benzene rings is 2. The highest BCUT2D eigenvalue weighted by Gasteiger charge is 2.11. The molecule has 0 saturated carbocycles. The Labute approximate surface area is 202 Å². The zero-order valence-corrected chi connectivity index (χ0v) is 19.6. The largest absolute Gasteiger partial charge is 0.490 e. The summed E-state index contributed by atoms with van der Waals surface area (Å²) in [6.07, 6.45) is 1.52. The van der Waals surface area contributed by atoms with Crippen LogP contribution in [0.1, 0.15) is 17.4 Å². The average Bonchev–Trinajstić information content (AvgIpc) is 3.35. The van der Waals surface area contributed by atoms with Gasteiger partial charge in [-0.1, -0.05) is 35.9 Å². The van der Waals surface area contributed by atoms with E-state index in [1.807, 2.05) is 42.6 Å². The van der Waals surface area contributed by atoms with E-state index >= 15 is 0 Å². The van der Waals surface area contributed by atoms with Crippen LogP contribution in [0, 0.1) is 11.3 Å². The van der Waals surface area contributed by atoms with Gasteiger partial charge in [-0.3, -0.25) is 4.79 Å². The van der Waals surface area contributed by atoms with Crippen molar-refractivity contribution in [3.05, 3.63) is 81.0 Å². The number of para-hydroxylation sites is 1. The quantitative estimate of drug-likeness (QED) is 0.222. The topological polar surface area (TPSA) is 80.6 Å². The molecule has 1 N–H and O–H groups in total. The Kier molecular flexibility index (Phi) is 9.19. The SMILES string of the molecule is CCOc1cc(/C=C(\C#N)C(=O)NCc2cccs2)ccc1OCCOc1ccccc1Cl. The molecule has 0 saturated heterocycles. The number of nitriles is 1. The van der Waals surface area contributed by atoms with Crippen LogP contribution in [-0.2, 0) is 11.3 Å². The number of nitrogens with one attached hydrogen (secondary N) is 1. The predicted molar refractivity (Wildman–Crippen MR) is 130 cm³/mol. The second kappa shape index (κ2) is 12.5. The smallest absolute Gasteiger partial charge is 0.262 e. The summed E-state index contributed by atoms with van der Waals surface area (Å²) in [4.78, 5) is 13.4. The molecular weight excluding hydrogens is 460 g/mol. The third-order valence-electron chi connectivity index (χ3n) is 4.38. The summed E-state index contributed by atoms with van der Waals surface area (Å²) in [5.74, 6) is 1.22. The number of ether oxygens (including phenoxy) is 3. The highest BCUT2D eigenvalue weighted by Crippen LogP contribution is 2.30. The lowest BCUT2D eigenvalue weighted by atomic mass is 10.1. The molecule has 0 aliphatic carbocycles. The van der Waals surface area contributed by atoms with Crippen molar-refractivity contribution >= 4 is 34.9 Å². The van der Waals surface area contributed by atoms with Crippen molar-refractivity contribution < 1.29 is 19.0 Å². The van der Waals surface area contributed by atoms with Gasteiger partial charge in [0.2, 0.25) is 0 Å². The summed E-state index contributed by atoms with van der Waals surface area (Å²) >= 11 is 7.62. The van der Waals surface area contributed by atoms with Gasteiger partial charge in [-0.05, 0) is 54.3 Å². The van der Waals surface area contributed by atoms with Crippen LogP contribution in [0.25, 0.3) is 6.08 Å². The fourth-order valence-corrected chi connectivity index (χ4v) is 3.69. The first kappa shape index (κ1) is 24.2. The highest BCUT2D eigenvalue weighted by atomic mass is 35.5. The first-order valence-electron chi connectivity index (χ1n) is 10.3. The second-order valence-electron chi connectivity index (χ2n) is 6.70. The number of thiophene rings is 1. The van der Waals surface area contributed by atoms with Gasteiger partial charge in [0.05, 0.1) is 18.2 Å². The van der Waals surface area contributed by atoms with E-state index in [0.29, 0.717) is 47.6 Å². The van der Waals surface area contributed by atoms with E-state index in [4.69, 9.17) is 25.8 Å². The minimum absolute atomic E-state index is 0.0100. The van der Waals surface area contributed by atoms with Gasteiger partial charge in [0.1, 0.15) is 30.6 Å². The van der Waals surface area contributed by atoms with Crippen molar-refractivity contribution in [3.8, 4) is 23.3 Å². The van der Waals surface area contributed by atoms with Crippen LogP contribution in [0.2, 0.25) is 5.02 Å². The summed E-state index contributed by atoms with van der Waals surface area (Å²) in [5, 5.41) is 14.7. The van der Waals surface area contributed by atoms with Crippen molar-refractivity contribution in [2.24, 2.45) is 0 Å². The molecule has 0 aliphatic heterocycles. The van der Waals surface area contributed by atoms with Gasteiger partial charge in [-0.2, -0.15) is 5.26 Å². The third kappa shape index (κ3) is 7.28. The Morgan fingerprint density at radius 1 is 1.06 bits per heavy atom. The van der Waals surface area contributed by atoms with Gasteiger partial charge >= 0.3 is 0 Å². The molecule has 3 rings (SSSR count). The van der Waals surface area contributed by atoms with Crippen molar-refractivity contribution in [1.29, 1.82) is 5.26 Å². The highest BCUT2D eigenvalue weighted by molar-refractivity contribution is 7.09. The number of rotatable bonds is 11. The molecule has 0 spiro atoms. The number of carbonyl (C=O) groups is 1. The van der Waals surface area contributed by atoms with E-state index < -0.39 is 5.91 Å². The summed E-state index contributed by atoms with van der Waals surface area (Å²) in [6.45, 7) is 3.27. The van der Waals surface area contributed by atoms with Crippen LogP contribution in [0.15, 0.2) is 65.6 Å². The van der Waals surface area contributed by atoms with Crippen LogP contribution in [0.4, 0.5) is 0 Å². The van der Waals surface area contributed by atoms with Gasteiger partial charge < -0.3 is 19.5 Å². The van der Waals surface area contributed by atoms with E-state index in [0.717, 1.165) is 4.88 Å². The summed E-state index contributed by atoms with van der Waals surface area (Å²) < 4.78 is 17.1. The zero-order valence-electron chi connectivity index (χ0n) is 18.0. The van der Waals surface area contributed by atoms with E-state index in [2.05, 4.69) is 5.32 Å². The summed E-state index contributed by atoms with van der Waals surface area (Å²) in [7, 11) is 0. The maximum atomic E-state index is 12.4. The van der Waals surface area contributed by atoms with Crippen molar-refractivity contribution in [2.45, 2.75) is 13.5 Å². The molecule has 2 aromatic carbocycles. The fraction of sp³-hybridized carbons (Fsp3) is 0.200. The van der Waals surface area contributed by atoms with E-state index in [-0.39, 0.29) is 12.2 Å². The Hall–Kier alpha value is -3.47. The molecule has 33 heavy (non-hydrogen) atoms. The molecule has 0 atom stereocenters. The molecule has 0 aliphatic rings. The summed E-state index contributed by atoms with van der Waals surface area (Å²) in [5.41, 5.74) is 0.664. The van der Waals surface area contributed by atoms with E-state index in [1.165, 1.54) is 6.08 Å². The monoisotopic (exact) mass is 482 g/mol. The maximum Gasteiger partial charge on any atom is 0.262 e. The molecule has 6 nitrogen and oxygen atoms in total. The molecule has 3 aromatic rings. The lowest BCUT2D eigenvalue weighted by Gasteiger charge is -2.13. The Balaban J connectivity index is 1.63. The lowest BCUT2D eigenvalue weighted by molar-refractivity contribution is -0.117. The lowest BCUT2D eigenvalue weighted by Crippen LogP contribution is -2.23. The Bertz CT molecular complexity index is 1140. The predicted octanol–water partition coefficient (Wildman–Crippen LogP) is 5.48. The van der Waals surface area contributed by atoms with E-state index in [9.17, 15) is 10.1 Å². The van der Waals surface area contributed by atoms with Crippen LogP contribution in [0.5, 0.6) is 17.2 Å². The standard InChI is InChI=1S/C25H23ClN2O4S/c1-2-30-24-15-18(14-19(16-27)25(29)28-17-20-6-5-13-33-20)9-10-23(24)32-12-11-31-22-8-4-3-7-21(22)26/h3-10,13-15H,2,11-12,17H2,1H3,(H,28,29)/b19-14+. The summed E-state index contributed by atoms with van der Waals surface area (Å²) in [6, 6.07) is 18.3. The first-order chi connectivity index (χ1) is 16.1. The molecule has 0 unspecified atom stereocenters. The minimum Gasteiger partial charge on any atom is -0.490 e. The minimum atomic E-state index is -0.430. The second-order valence-corrected chi connectivity index (χ2v) is 8.14. The number of hydrogen-bond acceptors (Lipinski definition) is 6. The third-order valence-corrected chi connectivity index (χ3v) is 5.57. The zero-order chi connectivity index (χ0) is 23.5. The van der Waals surface area contributed by atoms with Crippen LogP contribution in [0.3, 0.4) is 0 Å². The molecule has 8 heteroatoms. The van der Waals surface area contributed by atoms with Gasteiger partial charge in [-0.15, -0.1) is 11.3 Å². The van der Waals surface area contributed by atoms with Crippen molar-refractivity contribution in [1.82, 2.24) is 5.32 Å². The van der Waals surface area contributed by atoms with Crippen molar-refractivity contribution in [2.75, 3.05) is 19.8 Å². The molecule has 0 fully saturated rings. The molecular formula is C25H23ClN2O4S. The number of carbonyl (C=O) groups excluding carboxylic acids is 1.